The monoisotopic (exact) mass is 1030 g/mol. The molecular formula is C69H110O6. The van der Waals surface area contributed by atoms with Gasteiger partial charge >= 0.3 is 17.9 Å². The van der Waals surface area contributed by atoms with Crippen LogP contribution >= 0.6 is 0 Å². The SMILES string of the molecule is CC/C=C\C/C=C\C/C=C\C/C=C\C/C=C\C/C=C\C/C=C\C/C=C\CCCCC(=O)OCC(COC(=O)CCCCCCC/C=C\C/C=C\CCC)OC(=O)CCCCCCCCC/C=C\C/C=C\CCCCC. The fraction of sp³-hybridized carbons (Fsp3) is 0.609. The predicted octanol–water partition coefficient (Wildman–Crippen LogP) is 20.8. The Morgan fingerprint density at radius 2 is 0.547 bits per heavy atom. The van der Waals surface area contributed by atoms with Gasteiger partial charge in [-0.15, -0.1) is 0 Å². The summed E-state index contributed by atoms with van der Waals surface area (Å²) in [5.41, 5.74) is 0. The zero-order chi connectivity index (χ0) is 54.3. The summed E-state index contributed by atoms with van der Waals surface area (Å²) in [7, 11) is 0. The van der Waals surface area contributed by atoms with Crippen LogP contribution in [-0.4, -0.2) is 37.2 Å². The molecule has 6 heteroatoms. The van der Waals surface area contributed by atoms with Crippen LogP contribution in [0.3, 0.4) is 0 Å². The Balaban J connectivity index is 4.47. The van der Waals surface area contributed by atoms with Crippen LogP contribution in [0.25, 0.3) is 0 Å². The Morgan fingerprint density at radius 1 is 0.280 bits per heavy atom. The van der Waals surface area contributed by atoms with Gasteiger partial charge in [0.2, 0.25) is 0 Å². The Morgan fingerprint density at radius 3 is 0.893 bits per heavy atom. The molecule has 1 unspecified atom stereocenters. The Bertz CT molecular complexity index is 1660. The van der Waals surface area contributed by atoms with Crippen LogP contribution in [0.4, 0.5) is 0 Å². The van der Waals surface area contributed by atoms with Crippen molar-refractivity contribution in [1.82, 2.24) is 0 Å². The second-order valence-corrected chi connectivity index (χ2v) is 19.5. The molecule has 0 spiro atoms. The number of carbonyl (C=O) groups is 3. The smallest absolute Gasteiger partial charge is 0.306 e. The molecule has 0 aliphatic heterocycles. The number of carbonyl (C=O) groups excluding carboxylic acids is 3. The van der Waals surface area contributed by atoms with Crippen LogP contribution in [0.1, 0.15) is 252 Å². The zero-order valence-corrected chi connectivity index (χ0v) is 48.3. The minimum absolute atomic E-state index is 0.108. The second kappa shape index (κ2) is 61.8. The van der Waals surface area contributed by atoms with Crippen molar-refractivity contribution in [2.45, 2.75) is 258 Å². The van der Waals surface area contributed by atoms with Gasteiger partial charge < -0.3 is 14.2 Å². The first-order valence-electron chi connectivity index (χ1n) is 30.3. The van der Waals surface area contributed by atoms with Gasteiger partial charge in [0.1, 0.15) is 13.2 Å². The molecule has 0 N–H and O–H groups in total. The summed E-state index contributed by atoms with van der Waals surface area (Å²) >= 11 is 0. The van der Waals surface area contributed by atoms with E-state index in [9.17, 15) is 14.4 Å². The summed E-state index contributed by atoms with van der Waals surface area (Å²) in [5, 5.41) is 0. The third-order valence-electron chi connectivity index (χ3n) is 12.3. The summed E-state index contributed by atoms with van der Waals surface area (Å²) in [4.78, 5) is 38.2. The van der Waals surface area contributed by atoms with Gasteiger partial charge in [0.15, 0.2) is 6.10 Å². The van der Waals surface area contributed by atoms with E-state index in [1.807, 2.05) is 0 Å². The molecule has 422 valence electrons. The van der Waals surface area contributed by atoms with E-state index in [1.165, 1.54) is 57.8 Å². The van der Waals surface area contributed by atoms with Crippen molar-refractivity contribution in [3.63, 3.8) is 0 Å². The van der Waals surface area contributed by atoms with Gasteiger partial charge in [0.25, 0.3) is 0 Å². The molecule has 0 bridgehead atoms. The lowest BCUT2D eigenvalue weighted by Crippen LogP contribution is -2.30. The largest absolute Gasteiger partial charge is 0.462 e. The Labute approximate surface area is 461 Å². The van der Waals surface area contributed by atoms with Crippen molar-refractivity contribution in [2.24, 2.45) is 0 Å². The zero-order valence-electron chi connectivity index (χ0n) is 48.3. The summed E-state index contributed by atoms with van der Waals surface area (Å²) in [6, 6.07) is 0. The lowest BCUT2D eigenvalue weighted by atomic mass is 10.1. The van der Waals surface area contributed by atoms with Crippen LogP contribution in [0.15, 0.2) is 146 Å². The molecule has 6 nitrogen and oxygen atoms in total. The van der Waals surface area contributed by atoms with E-state index in [0.29, 0.717) is 25.7 Å². The molecule has 0 aromatic heterocycles. The van der Waals surface area contributed by atoms with E-state index in [1.54, 1.807) is 0 Å². The maximum atomic E-state index is 12.9. The highest BCUT2D eigenvalue weighted by molar-refractivity contribution is 5.71. The first-order chi connectivity index (χ1) is 37.0. The average molecular weight is 1040 g/mol. The maximum Gasteiger partial charge on any atom is 0.306 e. The third-order valence-corrected chi connectivity index (χ3v) is 12.3. The van der Waals surface area contributed by atoms with Crippen molar-refractivity contribution >= 4 is 17.9 Å². The molecule has 1 atom stereocenters. The van der Waals surface area contributed by atoms with Crippen molar-refractivity contribution in [3.8, 4) is 0 Å². The summed E-state index contributed by atoms with van der Waals surface area (Å²) < 4.78 is 16.8. The summed E-state index contributed by atoms with van der Waals surface area (Å²) in [6.45, 7) is 6.37. The molecule has 0 aliphatic carbocycles. The predicted molar refractivity (Wildman–Crippen MR) is 325 cm³/mol. The van der Waals surface area contributed by atoms with Crippen molar-refractivity contribution < 1.29 is 28.6 Å². The highest BCUT2D eigenvalue weighted by Crippen LogP contribution is 2.13. The van der Waals surface area contributed by atoms with Crippen molar-refractivity contribution in [2.75, 3.05) is 13.2 Å². The van der Waals surface area contributed by atoms with E-state index in [0.717, 1.165) is 148 Å². The highest BCUT2D eigenvalue weighted by Gasteiger charge is 2.19. The van der Waals surface area contributed by atoms with E-state index in [4.69, 9.17) is 14.2 Å². The normalized spacial score (nSPS) is 13.2. The molecule has 75 heavy (non-hydrogen) atoms. The number of hydrogen-bond acceptors (Lipinski definition) is 6. The van der Waals surface area contributed by atoms with Gasteiger partial charge in [-0.3, -0.25) is 14.4 Å². The van der Waals surface area contributed by atoms with Crippen molar-refractivity contribution in [1.29, 1.82) is 0 Å². The van der Waals surface area contributed by atoms with E-state index < -0.39 is 6.10 Å². The number of hydrogen-bond donors (Lipinski definition) is 0. The lowest BCUT2D eigenvalue weighted by molar-refractivity contribution is -0.167. The summed E-state index contributed by atoms with van der Waals surface area (Å²) in [6.07, 6.45) is 88.4. The molecule has 0 saturated carbocycles. The third kappa shape index (κ3) is 60.0. The lowest BCUT2D eigenvalue weighted by Gasteiger charge is -2.18. The summed E-state index contributed by atoms with van der Waals surface area (Å²) in [5.74, 6) is -0.978. The van der Waals surface area contributed by atoms with Crippen molar-refractivity contribution in [3.05, 3.63) is 146 Å². The molecule has 0 aromatic rings. The first-order valence-corrected chi connectivity index (χ1v) is 30.3. The number of allylic oxidation sites excluding steroid dienone is 24. The molecule has 0 rings (SSSR count). The van der Waals surface area contributed by atoms with Gasteiger partial charge in [0, 0.05) is 19.3 Å². The van der Waals surface area contributed by atoms with Crippen LogP contribution in [0, 0.1) is 0 Å². The maximum absolute atomic E-state index is 12.9. The minimum Gasteiger partial charge on any atom is -0.462 e. The van der Waals surface area contributed by atoms with Crippen LogP contribution < -0.4 is 0 Å². The molecule has 0 fully saturated rings. The van der Waals surface area contributed by atoms with Gasteiger partial charge in [-0.05, 0) is 141 Å². The van der Waals surface area contributed by atoms with E-state index in [-0.39, 0.29) is 31.1 Å². The standard InChI is InChI=1S/C69H110O6/c1-4-7-10-13-16-19-22-25-27-29-30-31-32-33-34-35-36-37-38-40-41-44-47-50-53-56-59-62-68(71)74-65-66(64-73-67(70)61-58-55-52-49-46-43-24-21-18-15-12-9-6-3)75-69(72)63-60-57-54-51-48-45-42-39-28-26-23-20-17-14-11-8-5-2/h7,10,12,15-17,19-21,24-28,30-31,33-34,36-37,40-41,47,50,66H,4-6,8-9,11,13-14,18,22-23,29,32,35,38-39,42-46,48-49,51-65H2,1-3H3/b10-7-,15-12-,19-16-,20-17-,24-21-,27-25-,28-26-,31-30-,34-33-,37-36-,41-40-,50-47-. The average Bonchev–Trinajstić information content (AvgIpc) is 3.41. The number of esters is 3. The van der Waals surface area contributed by atoms with Crippen LogP contribution in [0.5, 0.6) is 0 Å². The molecule has 0 radical (unpaired) electrons. The molecule has 0 saturated heterocycles. The first kappa shape index (κ1) is 70.3. The molecule has 0 aromatic carbocycles. The number of unbranched alkanes of at least 4 members (excludes halogenated alkanes) is 18. The van der Waals surface area contributed by atoms with Gasteiger partial charge in [-0.2, -0.15) is 0 Å². The van der Waals surface area contributed by atoms with Gasteiger partial charge in [0.05, 0.1) is 0 Å². The van der Waals surface area contributed by atoms with Gasteiger partial charge in [-0.1, -0.05) is 237 Å². The van der Waals surface area contributed by atoms with Crippen LogP contribution in [0.2, 0.25) is 0 Å². The second-order valence-electron chi connectivity index (χ2n) is 19.5. The molecular weight excluding hydrogens is 925 g/mol. The number of ether oxygens (including phenoxy) is 3. The molecule has 0 amide bonds. The van der Waals surface area contributed by atoms with E-state index in [2.05, 4.69) is 167 Å². The van der Waals surface area contributed by atoms with E-state index >= 15 is 0 Å². The van der Waals surface area contributed by atoms with Crippen LogP contribution in [-0.2, 0) is 28.6 Å². The fourth-order valence-electron chi connectivity index (χ4n) is 7.76. The Hall–Kier alpha value is -4.71. The fourth-order valence-corrected chi connectivity index (χ4v) is 7.76. The topological polar surface area (TPSA) is 78.9 Å². The highest BCUT2D eigenvalue weighted by atomic mass is 16.6. The quantitative estimate of drug-likeness (QED) is 0.0261. The minimum atomic E-state index is -0.813. The molecule has 0 aliphatic rings. The number of rotatable bonds is 53. The van der Waals surface area contributed by atoms with Gasteiger partial charge in [-0.25, -0.2) is 0 Å². The molecule has 0 heterocycles. The Kier molecular flexibility index (Phi) is 58.0.